The Kier molecular flexibility index (Phi) is 3.57. The molecule has 1 unspecified atom stereocenters. The standard InChI is InChI=1S/C14H13FO5/c1-3-19-12(17)10-4-8-6-14(2,15)7-9(16)5-11(8)20-13(10)18/h4-6H,3,7H2,1-2H3. The highest BCUT2D eigenvalue weighted by molar-refractivity contribution is 6.07. The molecule has 1 atom stereocenters. The van der Waals surface area contributed by atoms with E-state index in [1.807, 2.05) is 0 Å². The Balaban J connectivity index is 2.72. The lowest BCUT2D eigenvalue weighted by Gasteiger charge is -2.11. The average molecular weight is 280 g/mol. The molecule has 0 bridgehead atoms. The molecule has 1 aromatic heterocycles. The second kappa shape index (κ2) is 5.03. The van der Waals surface area contributed by atoms with Gasteiger partial charge in [0, 0.05) is 17.7 Å². The molecular formula is C14H13FO5. The fraction of sp³-hybridized carbons (Fsp3) is 0.357. The van der Waals surface area contributed by atoms with E-state index in [1.54, 1.807) is 6.92 Å². The molecule has 2 rings (SSSR count). The van der Waals surface area contributed by atoms with Crippen molar-refractivity contribution in [2.24, 2.45) is 0 Å². The molecule has 5 nitrogen and oxygen atoms in total. The molecule has 0 saturated heterocycles. The summed E-state index contributed by atoms with van der Waals surface area (Å²) in [6.07, 6.45) is 1.88. The van der Waals surface area contributed by atoms with Crippen LogP contribution in [-0.4, -0.2) is 24.0 Å². The fourth-order valence-corrected chi connectivity index (χ4v) is 1.99. The van der Waals surface area contributed by atoms with Gasteiger partial charge in [0.25, 0.3) is 0 Å². The van der Waals surface area contributed by atoms with Crippen LogP contribution in [0.4, 0.5) is 4.39 Å². The number of hydrogen-bond acceptors (Lipinski definition) is 5. The van der Waals surface area contributed by atoms with Crippen LogP contribution in [-0.2, 0) is 9.53 Å². The van der Waals surface area contributed by atoms with Crippen LogP contribution in [0.3, 0.4) is 0 Å². The summed E-state index contributed by atoms with van der Waals surface area (Å²) in [6, 6.07) is 1.19. The lowest BCUT2D eigenvalue weighted by Crippen LogP contribution is -2.34. The molecule has 0 fully saturated rings. The number of ketones is 1. The highest BCUT2D eigenvalue weighted by atomic mass is 19.1. The third kappa shape index (κ3) is 2.84. The second-order valence-electron chi connectivity index (χ2n) is 4.70. The summed E-state index contributed by atoms with van der Waals surface area (Å²) in [6.45, 7) is 2.94. The van der Waals surface area contributed by atoms with Crippen LogP contribution in [0.15, 0.2) is 15.3 Å². The Morgan fingerprint density at radius 3 is 2.85 bits per heavy atom. The molecule has 1 heterocycles. The van der Waals surface area contributed by atoms with Crippen LogP contribution in [0.5, 0.6) is 0 Å². The van der Waals surface area contributed by atoms with E-state index in [0.717, 1.165) is 12.2 Å². The van der Waals surface area contributed by atoms with Crippen molar-refractivity contribution in [3.8, 4) is 0 Å². The Bertz CT molecular complexity index is 742. The van der Waals surface area contributed by atoms with Crippen molar-refractivity contribution < 1.29 is 23.1 Å². The molecule has 0 spiro atoms. The first kappa shape index (κ1) is 14.2. The molecular weight excluding hydrogens is 267 g/mol. The van der Waals surface area contributed by atoms with Gasteiger partial charge in [-0.1, -0.05) is 0 Å². The van der Waals surface area contributed by atoms with Crippen LogP contribution in [0, 0.1) is 0 Å². The van der Waals surface area contributed by atoms with Gasteiger partial charge in [0.1, 0.15) is 16.6 Å². The third-order valence-electron chi connectivity index (χ3n) is 2.77. The van der Waals surface area contributed by atoms with Crippen molar-refractivity contribution in [3.05, 3.63) is 32.7 Å². The number of alkyl halides is 1. The number of fused-ring (bicyclic) bond motifs is 1. The topological polar surface area (TPSA) is 73.6 Å². The number of carbonyl (C=O) groups is 2. The van der Waals surface area contributed by atoms with Gasteiger partial charge in [-0.15, -0.1) is 0 Å². The predicted molar refractivity (Wildman–Crippen MR) is 68.3 cm³/mol. The van der Waals surface area contributed by atoms with Crippen molar-refractivity contribution in [1.82, 2.24) is 0 Å². The van der Waals surface area contributed by atoms with E-state index in [2.05, 4.69) is 0 Å². The summed E-state index contributed by atoms with van der Waals surface area (Å²) < 4.78 is 23.7. The molecule has 1 aliphatic carbocycles. The van der Waals surface area contributed by atoms with Gasteiger partial charge in [0.2, 0.25) is 0 Å². The van der Waals surface area contributed by atoms with E-state index >= 15 is 0 Å². The van der Waals surface area contributed by atoms with E-state index in [-0.39, 0.29) is 29.2 Å². The van der Waals surface area contributed by atoms with Gasteiger partial charge in [-0.3, -0.25) is 4.79 Å². The maximum atomic E-state index is 14.1. The number of rotatable bonds is 2. The van der Waals surface area contributed by atoms with Gasteiger partial charge < -0.3 is 9.15 Å². The molecule has 106 valence electrons. The number of Topliss-reactive ketones (excluding diaryl/α,β-unsaturated/α-hetero) is 1. The minimum absolute atomic E-state index is 0.0468. The Hall–Kier alpha value is -2.24. The maximum absolute atomic E-state index is 14.1. The Morgan fingerprint density at radius 1 is 1.50 bits per heavy atom. The zero-order valence-corrected chi connectivity index (χ0v) is 11.1. The van der Waals surface area contributed by atoms with Gasteiger partial charge >= 0.3 is 11.6 Å². The molecule has 6 heteroatoms. The minimum Gasteiger partial charge on any atom is -0.462 e. The number of halogens is 1. The SMILES string of the molecule is CCOC(=O)c1cc2c(oc1=O)=CC(=O)CC(C)(F)C=2. The van der Waals surface area contributed by atoms with Crippen molar-refractivity contribution in [3.63, 3.8) is 0 Å². The van der Waals surface area contributed by atoms with Crippen LogP contribution < -0.4 is 16.3 Å². The summed E-state index contributed by atoms with van der Waals surface area (Å²) in [5, 5.41) is 0.184. The Morgan fingerprint density at radius 2 is 2.20 bits per heavy atom. The maximum Gasteiger partial charge on any atom is 0.351 e. The molecule has 20 heavy (non-hydrogen) atoms. The summed E-state index contributed by atoms with van der Waals surface area (Å²) in [4.78, 5) is 34.8. The highest BCUT2D eigenvalue weighted by Crippen LogP contribution is 2.18. The van der Waals surface area contributed by atoms with E-state index in [9.17, 15) is 18.8 Å². The number of carbonyl (C=O) groups excluding carboxylic acids is 2. The van der Waals surface area contributed by atoms with E-state index in [0.29, 0.717) is 0 Å². The van der Waals surface area contributed by atoms with Gasteiger partial charge in [-0.05, 0) is 26.0 Å². The van der Waals surface area contributed by atoms with Crippen LogP contribution in [0.25, 0.3) is 12.2 Å². The van der Waals surface area contributed by atoms with E-state index in [1.165, 1.54) is 13.0 Å². The molecule has 1 aromatic rings. The molecule has 0 amide bonds. The molecule has 0 aromatic carbocycles. The van der Waals surface area contributed by atoms with Crippen molar-refractivity contribution >= 4 is 23.9 Å². The monoisotopic (exact) mass is 280 g/mol. The summed E-state index contributed by atoms with van der Waals surface area (Å²) in [7, 11) is 0. The van der Waals surface area contributed by atoms with Crippen LogP contribution in [0.1, 0.15) is 30.6 Å². The van der Waals surface area contributed by atoms with Crippen molar-refractivity contribution in [1.29, 1.82) is 0 Å². The lowest BCUT2D eigenvalue weighted by atomic mass is 10.0. The smallest absolute Gasteiger partial charge is 0.351 e. The fourth-order valence-electron chi connectivity index (χ4n) is 1.99. The normalized spacial score (nSPS) is 21.2. The average Bonchev–Trinajstić information content (AvgIpc) is 2.41. The lowest BCUT2D eigenvalue weighted by molar-refractivity contribution is -0.114. The predicted octanol–water partition coefficient (Wildman–Crippen LogP) is 0.0785. The highest BCUT2D eigenvalue weighted by Gasteiger charge is 2.26. The number of ether oxygens (including phenoxy) is 1. The molecule has 0 saturated carbocycles. The number of esters is 1. The first-order valence-corrected chi connectivity index (χ1v) is 6.10. The largest absolute Gasteiger partial charge is 0.462 e. The van der Waals surface area contributed by atoms with Gasteiger partial charge in [0.15, 0.2) is 5.78 Å². The van der Waals surface area contributed by atoms with Gasteiger partial charge in [-0.2, -0.15) is 0 Å². The van der Waals surface area contributed by atoms with Crippen LogP contribution in [0.2, 0.25) is 0 Å². The second-order valence-corrected chi connectivity index (χ2v) is 4.70. The Labute approximate surface area is 113 Å². The quantitative estimate of drug-likeness (QED) is 0.717. The summed E-state index contributed by atoms with van der Waals surface area (Å²) >= 11 is 0. The van der Waals surface area contributed by atoms with E-state index < -0.39 is 23.0 Å². The zero-order valence-electron chi connectivity index (χ0n) is 11.1. The van der Waals surface area contributed by atoms with Gasteiger partial charge in [-0.25, -0.2) is 14.0 Å². The first-order valence-electron chi connectivity index (χ1n) is 6.10. The van der Waals surface area contributed by atoms with E-state index in [4.69, 9.17) is 9.15 Å². The zero-order chi connectivity index (χ0) is 14.9. The van der Waals surface area contributed by atoms with Crippen molar-refractivity contribution in [2.45, 2.75) is 25.9 Å². The van der Waals surface area contributed by atoms with Crippen LogP contribution >= 0.6 is 0 Å². The van der Waals surface area contributed by atoms with Crippen molar-refractivity contribution in [2.75, 3.05) is 6.61 Å². The number of hydrogen-bond donors (Lipinski definition) is 0. The molecule has 1 aliphatic rings. The summed E-state index contributed by atoms with van der Waals surface area (Å²) in [5.41, 5.74) is -3.15. The molecule has 0 N–H and O–H groups in total. The molecule has 0 aliphatic heterocycles. The summed E-state index contributed by atoms with van der Waals surface area (Å²) in [5.74, 6) is -1.33. The first-order chi connectivity index (χ1) is 9.32. The molecule has 0 radical (unpaired) electrons. The third-order valence-corrected chi connectivity index (χ3v) is 2.77. The minimum atomic E-state index is -1.87. The van der Waals surface area contributed by atoms with Gasteiger partial charge in [0.05, 0.1) is 6.61 Å².